The van der Waals surface area contributed by atoms with E-state index in [0.29, 0.717) is 25.2 Å². The molecular weight excluding hydrogens is 356 g/mol. The van der Waals surface area contributed by atoms with Crippen LogP contribution in [0.15, 0.2) is 23.1 Å². The van der Waals surface area contributed by atoms with Crippen LogP contribution in [0.4, 0.5) is 0 Å². The van der Waals surface area contributed by atoms with Gasteiger partial charge in [0.2, 0.25) is 5.91 Å². The third-order valence-electron chi connectivity index (χ3n) is 6.37. The molecule has 1 atom stereocenters. The van der Waals surface area contributed by atoms with Crippen molar-refractivity contribution in [2.24, 2.45) is 13.0 Å². The molecule has 3 heterocycles. The van der Waals surface area contributed by atoms with E-state index < -0.39 is 0 Å². The predicted molar refractivity (Wildman–Crippen MR) is 106 cm³/mol. The number of aryl methyl sites for hydroxylation is 1. The number of nitrogens with one attached hydrogen (secondary N) is 1. The summed E-state index contributed by atoms with van der Waals surface area (Å²) in [6.45, 7) is 3.19. The van der Waals surface area contributed by atoms with Gasteiger partial charge in [-0.3, -0.25) is 19.3 Å². The van der Waals surface area contributed by atoms with Gasteiger partial charge in [0.05, 0.1) is 5.92 Å². The minimum Gasteiger partial charge on any atom is -0.353 e. The molecule has 0 spiro atoms. The first kappa shape index (κ1) is 19.2. The Labute approximate surface area is 165 Å². The summed E-state index contributed by atoms with van der Waals surface area (Å²) in [4.78, 5) is 41.6. The maximum Gasteiger partial charge on any atom is 0.263 e. The number of aromatic nitrogens is 1. The van der Waals surface area contributed by atoms with E-state index in [0.717, 1.165) is 51.6 Å². The molecule has 28 heavy (non-hydrogen) atoms. The van der Waals surface area contributed by atoms with Crippen LogP contribution in [0.5, 0.6) is 0 Å². The van der Waals surface area contributed by atoms with Gasteiger partial charge in [0.1, 0.15) is 5.56 Å². The number of hydrogen-bond acceptors (Lipinski definition) is 4. The maximum absolute atomic E-state index is 12.8. The van der Waals surface area contributed by atoms with Crippen LogP contribution in [-0.2, 0) is 11.8 Å². The summed E-state index contributed by atoms with van der Waals surface area (Å²) in [6.07, 6.45) is 7.74. The van der Waals surface area contributed by atoms with Gasteiger partial charge in [-0.05, 0) is 57.2 Å². The lowest BCUT2D eigenvalue weighted by Gasteiger charge is -2.42. The first-order valence-electron chi connectivity index (χ1n) is 10.5. The minimum atomic E-state index is -0.241. The molecule has 1 saturated carbocycles. The van der Waals surface area contributed by atoms with Crippen molar-refractivity contribution in [3.63, 3.8) is 0 Å². The van der Waals surface area contributed by atoms with E-state index in [4.69, 9.17) is 0 Å². The average Bonchev–Trinajstić information content (AvgIpc) is 3.54. The van der Waals surface area contributed by atoms with Crippen molar-refractivity contribution in [3.05, 3.63) is 34.2 Å². The molecule has 3 aliphatic rings. The summed E-state index contributed by atoms with van der Waals surface area (Å²) < 4.78 is 1.44. The van der Waals surface area contributed by atoms with Crippen molar-refractivity contribution < 1.29 is 9.59 Å². The monoisotopic (exact) mass is 386 g/mol. The number of pyridine rings is 1. The van der Waals surface area contributed by atoms with Crippen LogP contribution in [0.25, 0.3) is 0 Å². The summed E-state index contributed by atoms with van der Waals surface area (Å²) in [6, 6.07) is 4.19. The fraction of sp³-hybridized carbons (Fsp3) is 0.667. The first-order valence-corrected chi connectivity index (χ1v) is 10.5. The molecule has 1 aliphatic carbocycles. The Kier molecular flexibility index (Phi) is 5.53. The van der Waals surface area contributed by atoms with Crippen LogP contribution >= 0.6 is 0 Å². The summed E-state index contributed by atoms with van der Waals surface area (Å²) in [5.74, 6) is 0.154. The van der Waals surface area contributed by atoms with Gasteiger partial charge in [-0.1, -0.05) is 0 Å². The van der Waals surface area contributed by atoms with Gasteiger partial charge in [-0.2, -0.15) is 0 Å². The third-order valence-corrected chi connectivity index (χ3v) is 6.37. The fourth-order valence-corrected chi connectivity index (χ4v) is 4.46. The van der Waals surface area contributed by atoms with Gasteiger partial charge in [-0.25, -0.2) is 0 Å². The van der Waals surface area contributed by atoms with Crippen LogP contribution in [0.2, 0.25) is 0 Å². The number of piperidine rings is 2. The van der Waals surface area contributed by atoms with Gasteiger partial charge in [-0.15, -0.1) is 0 Å². The number of carbonyl (C=O) groups is 2. The molecule has 2 amide bonds. The number of amides is 2. The summed E-state index contributed by atoms with van der Waals surface area (Å²) in [5.41, 5.74) is 0.00778. The van der Waals surface area contributed by atoms with Gasteiger partial charge >= 0.3 is 0 Å². The van der Waals surface area contributed by atoms with E-state index >= 15 is 0 Å². The molecule has 1 aromatic rings. The Hall–Kier alpha value is -2.15. The lowest BCUT2D eigenvalue weighted by Crippen LogP contribution is -2.52. The molecule has 0 unspecified atom stereocenters. The van der Waals surface area contributed by atoms with Gasteiger partial charge in [0.15, 0.2) is 0 Å². The Balaban J connectivity index is 1.32. The fourth-order valence-electron chi connectivity index (χ4n) is 4.46. The Bertz CT molecular complexity index is 793. The van der Waals surface area contributed by atoms with Crippen LogP contribution in [0, 0.1) is 5.92 Å². The normalized spacial score (nSPS) is 24.2. The van der Waals surface area contributed by atoms with Crippen molar-refractivity contribution in [1.29, 1.82) is 0 Å². The van der Waals surface area contributed by atoms with Crippen molar-refractivity contribution in [1.82, 2.24) is 19.7 Å². The second kappa shape index (κ2) is 8.07. The number of carbonyl (C=O) groups excluding carboxylic acids is 2. The minimum absolute atomic E-state index is 0.0985. The molecule has 3 fully saturated rings. The number of nitrogens with zero attached hydrogens (tertiary/aromatic N) is 3. The van der Waals surface area contributed by atoms with Crippen LogP contribution in [-0.4, -0.2) is 64.4 Å². The van der Waals surface area contributed by atoms with Crippen molar-refractivity contribution in [2.45, 2.75) is 50.6 Å². The smallest absolute Gasteiger partial charge is 0.263 e. The number of hydrogen-bond donors (Lipinski definition) is 1. The van der Waals surface area contributed by atoms with Gasteiger partial charge in [0, 0.05) is 45.0 Å². The summed E-state index contributed by atoms with van der Waals surface area (Å²) >= 11 is 0. The summed E-state index contributed by atoms with van der Waals surface area (Å²) in [5, 5.41) is 3.15. The maximum atomic E-state index is 12.8. The van der Waals surface area contributed by atoms with Crippen LogP contribution < -0.4 is 10.9 Å². The molecule has 1 aromatic heterocycles. The second-order valence-electron chi connectivity index (χ2n) is 8.48. The van der Waals surface area contributed by atoms with Crippen molar-refractivity contribution in [3.8, 4) is 0 Å². The predicted octanol–water partition coefficient (Wildman–Crippen LogP) is 0.981. The zero-order valence-corrected chi connectivity index (χ0v) is 16.6. The van der Waals surface area contributed by atoms with Gasteiger partial charge < -0.3 is 14.8 Å². The Morgan fingerprint density at radius 3 is 2.54 bits per heavy atom. The van der Waals surface area contributed by atoms with Crippen LogP contribution in [0.3, 0.4) is 0 Å². The zero-order valence-electron chi connectivity index (χ0n) is 16.6. The standard InChI is InChI=1S/C21H30N4O3/c1-23-10-3-5-18(20(23)27)21(28)24-12-8-17(9-13-24)25-11-2-4-15(14-25)19(26)22-16-6-7-16/h3,5,10,15-17H,2,4,6-9,11-14H2,1H3,(H,22,26)/t15-/m1/s1. The molecule has 2 saturated heterocycles. The van der Waals surface area contributed by atoms with Crippen molar-refractivity contribution >= 4 is 11.8 Å². The Morgan fingerprint density at radius 1 is 1.07 bits per heavy atom. The molecule has 0 bridgehead atoms. The van der Waals surface area contributed by atoms with E-state index in [-0.39, 0.29) is 28.9 Å². The first-order chi connectivity index (χ1) is 13.5. The van der Waals surface area contributed by atoms with Gasteiger partial charge in [0.25, 0.3) is 11.5 Å². The highest BCUT2D eigenvalue weighted by Gasteiger charge is 2.34. The average molecular weight is 386 g/mol. The molecular formula is C21H30N4O3. The largest absolute Gasteiger partial charge is 0.353 e. The van der Waals surface area contributed by atoms with Crippen LogP contribution in [0.1, 0.15) is 48.9 Å². The second-order valence-corrected chi connectivity index (χ2v) is 8.48. The molecule has 0 radical (unpaired) electrons. The highest BCUT2D eigenvalue weighted by atomic mass is 16.2. The third kappa shape index (κ3) is 4.14. The quantitative estimate of drug-likeness (QED) is 0.837. The van der Waals surface area contributed by atoms with E-state index in [2.05, 4.69) is 10.2 Å². The topological polar surface area (TPSA) is 74.7 Å². The molecule has 1 N–H and O–H groups in total. The van der Waals surface area contributed by atoms with E-state index in [1.807, 2.05) is 0 Å². The number of likely N-dealkylation sites (tertiary alicyclic amines) is 2. The molecule has 4 rings (SSSR count). The Morgan fingerprint density at radius 2 is 1.82 bits per heavy atom. The lowest BCUT2D eigenvalue weighted by atomic mass is 9.93. The summed E-state index contributed by atoms with van der Waals surface area (Å²) in [7, 11) is 1.66. The van der Waals surface area contributed by atoms with E-state index in [9.17, 15) is 14.4 Å². The molecule has 2 aliphatic heterocycles. The highest BCUT2D eigenvalue weighted by Crippen LogP contribution is 2.26. The molecule has 7 heteroatoms. The van der Waals surface area contributed by atoms with E-state index in [1.165, 1.54) is 4.57 Å². The number of rotatable bonds is 4. The van der Waals surface area contributed by atoms with E-state index in [1.54, 1.807) is 30.3 Å². The molecule has 7 nitrogen and oxygen atoms in total. The molecule has 152 valence electrons. The lowest BCUT2D eigenvalue weighted by molar-refractivity contribution is -0.127. The highest BCUT2D eigenvalue weighted by molar-refractivity contribution is 5.93. The van der Waals surface area contributed by atoms with Crippen molar-refractivity contribution in [2.75, 3.05) is 26.2 Å². The SMILES string of the molecule is Cn1cccc(C(=O)N2CCC(N3CCC[C@@H](C(=O)NC4CC4)C3)CC2)c1=O. The zero-order chi connectivity index (χ0) is 19.7. The molecule has 0 aromatic carbocycles.